The van der Waals surface area contributed by atoms with Crippen LogP contribution in [-0.4, -0.2) is 7.11 Å². The number of hydrogen-bond acceptors (Lipinski definition) is 3. The Morgan fingerprint density at radius 3 is 2.72 bits per heavy atom. The van der Waals surface area contributed by atoms with Crippen LogP contribution in [0.25, 0.3) is 0 Å². The minimum atomic E-state index is 0.0173. The Morgan fingerprint density at radius 2 is 2.11 bits per heavy atom. The lowest BCUT2D eigenvalue weighted by atomic mass is 10.2. The van der Waals surface area contributed by atoms with Crippen molar-refractivity contribution in [2.24, 2.45) is 0 Å². The van der Waals surface area contributed by atoms with Gasteiger partial charge >= 0.3 is 0 Å². The summed E-state index contributed by atoms with van der Waals surface area (Å²) >= 11 is 9.27. The first-order valence-corrected chi connectivity index (χ1v) is 6.62. The molecule has 0 aliphatic carbocycles. The van der Waals surface area contributed by atoms with Crippen LogP contribution in [0.3, 0.4) is 0 Å². The molecule has 0 saturated heterocycles. The van der Waals surface area contributed by atoms with Crippen molar-refractivity contribution in [2.75, 3.05) is 12.4 Å². The first-order valence-electron chi connectivity index (χ1n) is 5.45. The highest BCUT2D eigenvalue weighted by Gasteiger charge is 2.12. The van der Waals surface area contributed by atoms with Crippen LogP contribution in [0, 0.1) is 0 Å². The van der Waals surface area contributed by atoms with Crippen LogP contribution in [0.2, 0.25) is 5.02 Å². The van der Waals surface area contributed by atoms with Crippen LogP contribution in [0.4, 0.5) is 5.69 Å². The molecule has 18 heavy (non-hydrogen) atoms. The molecule has 1 aromatic carbocycles. The molecule has 0 spiro atoms. The van der Waals surface area contributed by atoms with Gasteiger partial charge in [0.2, 0.25) is 0 Å². The van der Waals surface area contributed by atoms with Crippen LogP contribution in [-0.2, 0) is 0 Å². The summed E-state index contributed by atoms with van der Waals surface area (Å²) < 4.78 is 11.5. The number of furan rings is 1. The van der Waals surface area contributed by atoms with E-state index in [-0.39, 0.29) is 6.04 Å². The molecule has 96 valence electrons. The zero-order valence-corrected chi connectivity index (χ0v) is 12.4. The second-order valence-corrected chi connectivity index (χ2v) is 5.07. The predicted molar refractivity (Wildman–Crippen MR) is 76.4 cm³/mol. The average molecular weight is 331 g/mol. The number of halogens is 2. The molecule has 2 aromatic rings. The van der Waals surface area contributed by atoms with E-state index in [2.05, 4.69) is 21.2 Å². The molecule has 0 aliphatic heterocycles. The van der Waals surface area contributed by atoms with E-state index in [0.29, 0.717) is 9.69 Å². The van der Waals surface area contributed by atoms with Gasteiger partial charge < -0.3 is 14.5 Å². The van der Waals surface area contributed by atoms with E-state index >= 15 is 0 Å². The highest BCUT2D eigenvalue weighted by Crippen LogP contribution is 2.31. The molecule has 1 heterocycles. The van der Waals surface area contributed by atoms with Crippen LogP contribution in [0.5, 0.6) is 5.75 Å². The summed E-state index contributed by atoms with van der Waals surface area (Å²) in [6.07, 6.45) is 0. The molecule has 1 aromatic heterocycles. The van der Waals surface area contributed by atoms with Crippen LogP contribution >= 0.6 is 27.5 Å². The van der Waals surface area contributed by atoms with Gasteiger partial charge in [-0.15, -0.1) is 0 Å². The smallest absolute Gasteiger partial charge is 0.169 e. The zero-order chi connectivity index (χ0) is 13.1. The monoisotopic (exact) mass is 329 g/mol. The molecule has 0 saturated carbocycles. The van der Waals surface area contributed by atoms with Crippen molar-refractivity contribution >= 4 is 33.2 Å². The van der Waals surface area contributed by atoms with E-state index < -0.39 is 0 Å². The molecule has 0 amide bonds. The van der Waals surface area contributed by atoms with Gasteiger partial charge in [-0.1, -0.05) is 11.6 Å². The second kappa shape index (κ2) is 5.67. The Morgan fingerprint density at radius 1 is 1.33 bits per heavy atom. The summed E-state index contributed by atoms with van der Waals surface area (Å²) in [5.41, 5.74) is 0.838. The first-order chi connectivity index (χ1) is 8.60. The molecule has 2 rings (SSSR count). The van der Waals surface area contributed by atoms with E-state index in [4.69, 9.17) is 20.8 Å². The predicted octanol–water partition coefficient (Wildman–Crippen LogP) is 4.88. The molecule has 1 N–H and O–H groups in total. The normalized spacial score (nSPS) is 12.2. The van der Waals surface area contributed by atoms with Crippen LogP contribution in [0.15, 0.2) is 39.4 Å². The second-order valence-electron chi connectivity index (χ2n) is 3.85. The zero-order valence-electron chi connectivity index (χ0n) is 10.0. The first kappa shape index (κ1) is 13.3. The number of methoxy groups -OCH3 is 1. The van der Waals surface area contributed by atoms with E-state index in [0.717, 1.165) is 17.2 Å². The Labute approximate surface area is 119 Å². The number of ether oxygens (including phenoxy) is 1. The van der Waals surface area contributed by atoms with Gasteiger partial charge in [-0.2, -0.15) is 0 Å². The Hall–Kier alpha value is -1.13. The van der Waals surface area contributed by atoms with Gasteiger partial charge in [-0.25, -0.2) is 0 Å². The minimum Gasteiger partial charge on any atom is -0.495 e. The number of benzene rings is 1. The fourth-order valence-electron chi connectivity index (χ4n) is 1.66. The summed E-state index contributed by atoms with van der Waals surface area (Å²) in [7, 11) is 1.63. The summed E-state index contributed by atoms with van der Waals surface area (Å²) in [6.45, 7) is 2.01. The van der Waals surface area contributed by atoms with Gasteiger partial charge in [0.15, 0.2) is 4.67 Å². The van der Waals surface area contributed by atoms with Crippen molar-refractivity contribution in [2.45, 2.75) is 13.0 Å². The van der Waals surface area contributed by atoms with E-state index in [1.807, 2.05) is 31.2 Å². The van der Waals surface area contributed by atoms with Crippen LogP contribution < -0.4 is 10.1 Å². The van der Waals surface area contributed by atoms with E-state index in [1.165, 1.54) is 0 Å². The number of nitrogens with one attached hydrogen (secondary N) is 1. The Balaban J connectivity index is 2.20. The molecule has 0 fully saturated rings. The fourth-order valence-corrected chi connectivity index (χ4v) is 2.15. The van der Waals surface area contributed by atoms with Crippen molar-refractivity contribution in [3.63, 3.8) is 0 Å². The molecule has 0 radical (unpaired) electrons. The maximum absolute atomic E-state index is 5.98. The minimum absolute atomic E-state index is 0.0173. The van der Waals surface area contributed by atoms with Gasteiger partial charge in [0.1, 0.15) is 11.5 Å². The molecule has 0 bridgehead atoms. The molecule has 0 aliphatic rings. The fraction of sp³-hybridized carbons (Fsp3) is 0.231. The van der Waals surface area contributed by atoms with Crippen molar-refractivity contribution in [3.8, 4) is 5.75 Å². The van der Waals surface area contributed by atoms with Crippen molar-refractivity contribution in [1.82, 2.24) is 0 Å². The van der Waals surface area contributed by atoms with Crippen molar-refractivity contribution < 1.29 is 9.15 Å². The third kappa shape index (κ3) is 3.00. The molecule has 3 nitrogen and oxygen atoms in total. The Bertz CT molecular complexity index is 542. The summed E-state index contributed by atoms with van der Waals surface area (Å²) in [5.74, 6) is 1.58. The van der Waals surface area contributed by atoms with E-state index in [9.17, 15) is 0 Å². The SMILES string of the molecule is COc1ccc(Cl)cc1NC(C)c1ccc(Br)o1. The van der Waals surface area contributed by atoms with E-state index in [1.54, 1.807) is 13.2 Å². The van der Waals surface area contributed by atoms with Crippen molar-refractivity contribution in [3.05, 3.63) is 45.8 Å². The maximum atomic E-state index is 5.98. The standard InChI is InChI=1S/C13H13BrClNO2/c1-8(11-5-6-13(14)18-11)16-10-7-9(15)3-4-12(10)17-2/h3-8,16H,1-2H3. The average Bonchev–Trinajstić information content (AvgIpc) is 2.76. The molecule has 1 atom stereocenters. The highest BCUT2D eigenvalue weighted by atomic mass is 79.9. The van der Waals surface area contributed by atoms with Gasteiger partial charge in [0.05, 0.1) is 18.8 Å². The third-order valence-electron chi connectivity index (χ3n) is 2.55. The third-order valence-corrected chi connectivity index (χ3v) is 3.22. The van der Waals surface area contributed by atoms with Gasteiger partial charge in [-0.05, 0) is 53.2 Å². The molecule has 5 heteroatoms. The highest BCUT2D eigenvalue weighted by molar-refractivity contribution is 9.10. The van der Waals surface area contributed by atoms with Gasteiger partial charge in [0, 0.05) is 5.02 Å². The number of rotatable bonds is 4. The quantitative estimate of drug-likeness (QED) is 0.868. The van der Waals surface area contributed by atoms with Crippen LogP contribution in [0.1, 0.15) is 18.7 Å². The molecular formula is C13H13BrClNO2. The summed E-state index contributed by atoms with van der Waals surface area (Å²) in [4.78, 5) is 0. The lowest BCUT2D eigenvalue weighted by molar-refractivity contribution is 0.415. The lowest BCUT2D eigenvalue weighted by Gasteiger charge is -2.16. The van der Waals surface area contributed by atoms with Gasteiger partial charge in [-0.3, -0.25) is 0 Å². The molecule has 1 unspecified atom stereocenters. The molecular weight excluding hydrogens is 318 g/mol. The largest absolute Gasteiger partial charge is 0.495 e. The number of anilines is 1. The maximum Gasteiger partial charge on any atom is 0.169 e. The summed E-state index contributed by atoms with van der Waals surface area (Å²) in [6, 6.07) is 9.24. The lowest BCUT2D eigenvalue weighted by Crippen LogP contribution is -2.06. The Kier molecular flexibility index (Phi) is 4.19. The number of hydrogen-bond donors (Lipinski definition) is 1. The van der Waals surface area contributed by atoms with Crippen molar-refractivity contribution in [1.29, 1.82) is 0 Å². The summed E-state index contributed by atoms with van der Waals surface area (Å²) in [5, 5.41) is 3.97. The van der Waals surface area contributed by atoms with Gasteiger partial charge in [0.25, 0.3) is 0 Å². The topological polar surface area (TPSA) is 34.4 Å².